The van der Waals surface area contributed by atoms with E-state index in [1.165, 1.54) is 6.20 Å². The van der Waals surface area contributed by atoms with E-state index in [2.05, 4.69) is 39.4 Å². The Morgan fingerprint density at radius 2 is 2.41 bits per heavy atom. The minimum absolute atomic E-state index is 0.126. The molecule has 0 spiro atoms. The maximum Gasteiger partial charge on any atom is 0.252 e. The summed E-state index contributed by atoms with van der Waals surface area (Å²) >= 11 is 5.07. The van der Waals surface area contributed by atoms with Crippen LogP contribution in [0.5, 0.6) is 0 Å². The average Bonchev–Trinajstić information content (AvgIpc) is 2.31. The second-order valence-electron chi connectivity index (χ2n) is 3.68. The van der Waals surface area contributed by atoms with Gasteiger partial charge in [0.2, 0.25) is 0 Å². The Hall–Kier alpha value is -0.750. The van der Waals surface area contributed by atoms with Crippen LogP contribution in [0, 0.1) is 0 Å². The number of nitrogens with zero attached hydrogens (tertiary/aromatic N) is 1. The predicted molar refractivity (Wildman–Crippen MR) is 76.3 cm³/mol. The highest BCUT2D eigenvalue weighted by atomic mass is 79.9. The van der Waals surface area contributed by atoms with Gasteiger partial charge in [-0.1, -0.05) is 6.92 Å². The number of thioether (sulfide) groups is 1. The lowest BCUT2D eigenvalue weighted by molar-refractivity contribution is 0.0952. The minimum Gasteiger partial charge on any atom is -0.384 e. The number of carbonyl (C=O) groups excluding carboxylic acids is 1. The zero-order valence-corrected chi connectivity index (χ0v) is 12.3. The van der Waals surface area contributed by atoms with Crippen LogP contribution in [0.3, 0.4) is 0 Å². The second kappa shape index (κ2) is 6.86. The number of nitrogens with one attached hydrogen (secondary N) is 1. The van der Waals surface area contributed by atoms with Crippen LogP contribution >= 0.6 is 27.7 Å². The molecule has 6 heteroatoms. The molecule has 0 aliphatic rings. The van der Waals surface area contributed by atoms with Crippen molar-refractivity contribution in [2.24, 2.45) is 0 Å². The third-order valence-corrected chi connectivity index (χ3v) is 4.03. The van der Waals surface area contributed by atoms with Gasteiger partial charge in [-0.2, -0.15) is 11.8 Å². The van der Waals surface area contributed by atoms with Gasteiger partial charge in [-0.3, -0.25) is 4.79 Å². The number of anilines is 1. The van der Waals surface area contributed by atoms with E-state index in [0.29, 0.717) is 27.6 Å². The summed E-state index contributed by atoms with van der Waals surface area (Å²) in [5.74, 6) is 0.218. The Labute approximate surface area is 114 Å². The molecular weight excluding hydrogens is 302 g/mol. The fourth-order valence-electron chi connectivity index (χ4n) is 1.23. The lowest BCUT2D eigenvalue weighted by atomic mass is 10.2. The first kappa shape index (κ1) is 14.3. The Morgan fingerprint density at radius 3 is 3.06 bits per heavy atom. The maximum absolute atomic E-state index is 11.9. The molecule has 4 nitrogen and oxygen atoms in total. The van der Waals surface area contributed by atoms with Crippen LogP contribution in [0.25, 0.3) is 0 Å². The third kappa shape index (κ3) is 4.55. The van der Waals surface area contributed by atoms with Crippen LogP contribution in [0.2, 0.25) is 0 Å². The highest BCUT2D eigenvalue weighted by molar-refractivity contribution is 9.10. The number of aromatic nitrogens is 1. The number of amides is 1. The smallest absolute Gasteiger partial charge is 0.252 e. The number of hydrogen-bond acceptors (Lipinski definition) is 4. The first-order chi connectivity index (χ1) is 8.04. The molecule has 1 heterocycles. The average molecular weight is 318 g/mol. The fourth-order valence-corrected chi connectivity index (χ4v) is 1.98. The fraction of sp³-hybridized carbons (Fsp3) is 0.455. The molecule has 0 aliphatic carbocycles. The summed E-state index contributed by atoms with van der Waals surface area (Å²) in [4.78, 5) is 15.7. The van der Waals surface area contributed by atoms with Crippen molar-refractivity contribution in [2.45, 2.75) is 18.6 Å². The van der Waals surface area contributed by atoms with Crippen molar-refractivity contribution in [1.82, 2.24) is 10.3 Å². The Kier molecular flexibility index (Phi) is 5.77. The van der Waals surface area contributed by atoms with Gasteiger partial charge in [-0.15, -0.1) is 0 Å². The molecule has 0 saturated carbocycles. The van der Waals surface area contributed by atoms with Crippen molar-refractivity contribution in [3.63, 3.8) is 0 Å². The molecule has 0 aliphatic heterocycles. The molecule has 94 valence electrons. The molecule has 0 fully saturated rings. The van der Waals surface area contributed by atoms with Crippen molar-refractivity contribution in [3.8, 4) is 0 Å². The van der Waals surface area contributed by atoms with Crippen LogP contribution < -0.4 is 11.1 Å². The Bertz CT molecular complexity index is 400. The number of rotatable bonds is 5. The number of nitrogen functional groups attached to an aromatic ring is 1. The van der Waals surface area contributed by atoms with E-state index in [4.69, 9.17) is 5.73 Å². The van der Waals surface area contributed by atoms with Gasteiger partial charge in [-0.25, -0.2) is 4.98 Å². The van der Waals surface area contributed by atoms with Gasteiger partial charge in [0.1, 0.15) is 5.82 Å². The topological polar surface area (TPSA) is 68.0 Å². The van der Waals surface area contributed by atoms with E-state index in [9.17, 15) is 4.79 Å². The first-order valence-electron chi connectivity index (χ1n) is 5.26. The maximum atomic E-state index is 11.9. The Morgan fingerprint density at radius 1 is 1.71 bits per heavy atom. The van der Waals surface area contributed by atoms with E-state index in [0.717, 1.165) is 6.42 Å². The zero-order valence-electron chi connectivity index (χ0n) is 9.87. The van der Waals surface area contributed by atoms with Gasteiger partial charge in [-0.05, 0) is 34.7 Å². The molecule has 1 amide bonds. The molecule has 1 unspecified atom stereocenters. The molecule has 0 aromatic carbocycles. The zero-order chi connectivity index (χ0) is 12.8. The largest absolute Gasteiger partial charge is 0.384 e. The van der Waals surface area contributed by atoms with Crippen LogP contribution in [0.15, 0.2) is 16.7 Å². The lowest BCUT2D eigenvalue weighted by Crippen LogP contribution is -2.26. The van der Waals surface area contributed by atoms with Crippen LogP contribution in [0.1, 0.15) is 23.7 Å². The molecule has 1 aromatic heterocycles. The van der Waals surface area contributed by atoms with Gasteiger partial charge in [0.05, 0.1) is 5.56 Å². The summed E-state index contributed by atoms with van der Waals surface area (Å²) < 4.78 is 0.655. The molecule has 3 N–H and O–H groups in total. The van der Waals surface area contributed by atoms with Gasteiger partial charge in [0.25, 0.3) is 5.91 Å². The molecule has 1 rings (SSSR count). The van der Waals surface area contributed by atoms with Crippen LogP contribution in [0.4, 0.5) is 5.82 Å². The van der Waals surface area contributed by atoms with Gasteiger partial charge >= 0.3 is 0 Å². The van der Waals surface area contributed by atoms with Gasteiger partial charge < -0.3 is 11.1 Å². The van der Waals surface area contributed by atoms with Gasteiger partial charge in [0, 0.05) is 22.5 Å². The number of pyridine rings is 1. The normalized spacial score (nSPS) is 12.2. The molecule has 17 heavy (non-hydrogen) atoms. The van der Waals surface area contributed by atoms with Crippen molar-refractivity contribution in [2.75, 3.05) is 18.5 Å². The summed E-state index contributed by atoms with van der Waals surface area (Å²) in [5.41, 5.74) is 6.07. The monoisotopic (exact) mass is 317 g/mol. The highest BCUT2D eigenvalue weighted by Crippen LogP contribution is 2.17. The predicted octanol–water partition coefficient (Wildman–Crippen LogP) is 2.30. The number of carbonyl (C=O) groups is 1. The van der Waals surface area contributed by atoms with E-state index >= 15 is 0 Å². The summed E-state index contributed by atoms with van der Waals surface area (Å²) in [7, 11) is 0. The highest BCUT2D eigenvalue weighted by Gasteiger charge is 2.10. The van der Waals surface area contributed by atoms with Gasteiger partial charge in [0.15, 0.2) is 0 Å². The minimum atomic E-state index is -0.126. The van der Waals surface area contributed by atoms with Crippen LogP contribution in [-0.2, 0) is 0 Å². The summed E-state index contributed by atoms with van der Waals surface area (Å²) in [6.07, 6.45) is 4.55. The molecule has 0 bridgehead atoms. The van der Waals surface area contributed by atoms with E-state index in [1.807, 2.05) is 0 Å². The SMILES string of the molecule is CSC(C)CCNC(=O)c1cc(N)ncc1Br. The second-order valence-corrected chi connectivity index (χ2v) is 5.81. The molecular formula is C11H16BrN3OS. The number of hydrogen-bond donors (Lipinski definition) is 2. The summed E-state index contributed by atoms with van der Waals surface area (Å²) in [5, 5.41) is 3.41. The van der Waals surface area contributed by atoms with Crippen molar-refractivity contribution < 1.29 is 4.79 Å². The molecule has 0 saturated heterocycles. The first-order valence-corrected chi connectivity index (χ1v) is 7.34. The van der Waals surface area contributed by atoms with Crippen molar-refractivity contribution in [1.29, 1.82) is 0 Å². The van der Waals surface area contributed by atoms with E-state index in [1.54, 1.807) is 17.8 Å². The summed E-state index contributed by atoms with van der Waals surface area (Å²) in [6.45, 7) is 2.80. The quantitative estimate of drug-likeness (QED) is 0.874. The Balaban J connectivity index is 2.55. The van der Waals surface area contributed by atoms with E-state index in [-0.39, 0.29) is 5.91 Å². The number of nitrogens with two attached hydrogens (primary N) is 1. The van der Waals surface area contributed by atoms with Crippen molar-refractivity contribution in [3.05, 3.63) is 22.3 Å². The molecule has 0 radical (unpaired) electrons. The summed E-state index contributed by atoms with van der Waals surface area (Å²) in [6, 6.07) is 1.57. The van der Waals surface area contributed by atoms with Crippen molar-refractivity contribution >= 4 is 39.4 Å². The van der Waals surface area contributed by atoms with E-state index < -0.39 is 0 Å². The number of halogens is 1. The lowest BCUT2D eigenvalue weighted by Gasteiger charge is -2.10. The molecule has 1 atom stereocenters. The third-order valence-electron chi connectivity index (χ3n) is 2.36. The standard InChI is InChI=1S/C11H16BrN3OS/c1-7(17-2)3-4-14-11(16)8-5-10(13)15-6-9(8)12/h5-7H,3-4H2,1-2H3,(H2,13,15)(H,14,16). The molecule has 1 aromatic rings. The van der Waals surface area contributed by atoms with Crippen LogP contribution in [-0.4, -0.2) is 28.9 Å².